The van der Waals surface area contributed by atoms with Crippen LogP contribution in [-0.4, -0.2) is 76.4 Å². The van der Waals surface area contributed by atoms with Gasteiger partial charge in [0.2, 0.25) is 0 Å². The summed E-state index contributed by atoms with van der Waals surface area (Å²) in [7, 11) is 1.66. The van der Waals surface area contributed by atoms with Gasteiger partial charge >= 0.3 is 0 Å². The van der Waals surface area contributed by atoms with E-state index >= 15 is 0 Å². The number of hydrogen-bond acceptors (Lipinski definition) is 10. The zero-order valence-corrected chi connectivity index (χ0v) is 26.4. The standard InChI is InChI=1S/C33H44N4O5S/c1-23-31-10-11-32(43-31)26-9-5-4-8-25(26)22-34-12-15-40-17-19-41-18-16-39-13-6-7-14-42-30-20-27-28(21-29(30)38-3)36-24(2)37-33(27)35-23/h8-11,20-21,23,34H,4-7,12-19,22H2,1-3H3,(H,35,36,37). The molecule has 2 aliphatic rings. The quantitative estimate of drug-likeness (QED) is 0.340. The van der Waals surface area contributed by atoms with Gasteiger partial charge in [-0.25, -0.2) is 9.97 Å². The molecule has 0 spiro atoms. The van der Waals surface area contributed by atoms with Gasteiger partial charge in [-0.15, -0.1) is 11.3 Å². The van der Waals surface area contributed by atoms with Gasteiger partial charge in [0.1, 0.15) is 11.6 Å². The summed E-state index contributed by atoms with van der Waals surface area (Å²) >= 11 is 1.83. The minimum absolute atomic E-state index is 0.0567. The molecule has 0 amide bonds. The Labute approximate surface area is 258 Å². The lowest BCUT2D eigenvalue weighted by Gasteiger charge is -2.18. The number of hydrogen-bond donors (Lipinski definition) is 2. The second kappa shape index (κ2) is 16.2. The number of benzene rings is 1. The Balaban J connectivity index is 1.36. The van der Waals surface area contributed by atoms with Gasteiger partial charge in [0.15, 0.2) is 11.5 Å². The van der Waals surface area contributed by atoms with Crippen LogP contribution in [0.4, 0.5) is 5.82 Å². The maximum atomic E-state index is 6.17. The summed E-state index contributed by atoms with van der Waals surface area (Å²) in [5.74, 6) is 2.83. The number of rotatable bonds is 1. The number of nitrogens with zero attached hydrogens (tertiary/aromatic N) is 2. The second-order valence-electron chi connectivity index (χ2n) is 10.7. The first-order valence-corrected chi connectivity index (χ1v) is 16.1. The van der Waals surface area contributed by atoms with Crippen LogP contribution in [0.5, 0.6) is 11.5 Å². The molecule has 0 saturated carbocycles. The highest BCUT2D eigenvalue weighted by molar-refractivity contribution is 7.13. The minimum atomic E-state index is 0.0567. The van der Waals surface area contributed by atoms with E-state index in [9.17, 15) is 0 Å². The Kier molecular flexibility index (Phi) is 11.8. The van der Waals surface area contributed by atoms with E-state index in [2.05, 4.69) is 46.8 Å². The van der Waals surface area contributed by atoms with Crippen LogP contribution in [0, 0.1) is 6.92 Å². The fourth-order valence-electron chi connectivity index (χ4n) is 5.19. The van der Waals surface area contributed by atoms with Crippen LogP contribution in [-0.2, 0) is 14.2 Å². The summed E-state index contributed by atoms with van der Waals surface area (Å²) in [4.78, 5) is 12.0. The first-order valence-electron chi connectivity index (χ1n) is 15.3. The van der Waals surface area contributed by atoms with E-state index < -0.39 is 0 Å². The highest BCUT2D eigenvalue weighted by Crippen LogP contribution is 2.38. The Hall–Kier alpha value is -3.02. The molecule has 3 heterocycles. The third kappa shape index (κ3) is 8.77. The van der Waals surface area contributed by atoms with Crippen LogP contribution in [0.25, 0.3) is 16.5 Å². The van der Waals surface area contributed by atoms with Crippen molar-refractivity contribution >= 4 is 33.6 Å². The summed E-state index contributed by atoms with van der Waals surface area (Å²) in [6, 6.07) is 8.44. The molecule has 1 unspecified atom stereocenters. The van der Waals surface area contributed by atoms with Gasteiger partial charge in [-0.3, -0.25) is 0 Å². The lowest BCUT2D eigenvalue weighted by Crippen LogP contribution is -2.23. The number of ether oxygens (including phenoxy) is 5. The lowest BCUT2D eigenvalue weighted by atomic mass is 9.96. The summed E-state index contributed by atoms with van der Waals surface area (Å²) in [5.41, 5.74) is 3.49. The van der Waals surface area contributed by atoms with Crippen molar-refractivity contribution in [3.8, 4) is 11.5 Å². The second-order valence-corrected chi connectivity index (χ2v) is 11.8. The highest BCUT2D eigenvalue weighted by atomic mass is 32.1. The molecular formula is C33H44N4O5S. The van der Waals surface area contributed by atoms with Crippen LogP contribution in [0.15, 0.2) is 42.0 Å². The third-order valence-corrected chi connectivity index (χ3v) is 8.74. The molecule has 4 bridgehead atoms. The number of nitrogens with one attached hydrogen (secondary N) is 2. The summed E-state index contributed by atoms with van der Waals surface area (Å²) in [5, 5.41) is 8.12. The number of thiophene rings is 1. The molecular weight excluding hydrogens is 564 g/mol. The normalized spacial score (nSPS) is 20.2. The molecule has 1 aromatic carbocycles. The van der Waals surface area contributed by atoms with E-state index in [1.807, 2.05) is 30.4 Å². The first kappa shape index (κ1) is 31.4. The van der Waals surface area contributed by atoms with Crippen molar-refractivity contribution < 1.29 is 23.7 Å². The van der Waals surface area contributed by atoms with E-state index in [1.54, 1.807) is 7.11 Å². The molecule has 232 valence electrons. The molecule has 0 radical (unpaired) electrons. The maximum Gasteiger partial charge on any atom is 0.162 e. The summed E-state index contributed by atoms with van der Waals surface area (Å²) in [6.45, 7) is 9.90. The van der Waals surface area contributed by atoms with Crippen molar-refractivity contribution in [1.29, 1.82) is 0 Å². The van der Waals surface area contributed by atoms with E-state index in [0.29, 0.717) is 63.6 Å². The van der Waals surface area contributed by atoms with Gasteiger partial charge in [-0.05, 0) is 68.9 Å². The monoisotopic (exact) mass is 608 g/mol. The third-order valence-electron chi connectivity index (χ3n) is 7.44. The molecule has 43 heavy (non-hydrogen) atoms. The minimum Gasteiger partial charge on any atom is -0.493 e. The number of aryl methyl sites for hydroxylation is 1. The topological polar surface area (TPSA) is 96.0 Å². The molecule has 2 N–H and O–H groups in total. The lowest BCUT2D eigenvalue weighted by molar-refractivity contribution is 0.0142. The van der Waals surface area contributed by atoms with Crippen molar-refractivity contribution in [1.82, 2.24) is 15.3 Å². The van der Waals surface area contributed by atoms with Crippen LogP contribution < -0.4 is 20.1 Å². The average molecular weight is 609 g/mol. The fourth-order valence-corrected chi connectivity index (χ4v) is 6.28. The van der Waals surface area contributed by atoms with Crippen molar-refractivity contribution in [3.63, 3.8) is 0 Å². The van der Waals surface area contributed by atoms with Gasteiger partial charge in [-0.2, -0.15) is 0 Å². The zero-order chi connectivity index (χ0) is 29.9. The molecule has 1 atom stereocenters. The van der Waals surface area contributed by atoms with Crippen molar-refractivity contribution in [2.45, 2.75) is 45.6 Å². The first-order chi connectivity index (χ1) is 21.1. The SMILES string of the molecule is COc1cc2nc(C)nc3c2cc1OCCCCOCCOCCOCCNCC1=CCCC=C1c1ccc(s1)C(C)N3. The van der Waals surface area contributed by atoms with Crippen LogP contribution in [0.3, 0.4) is 0 Å². The van der Waals surface area contributed by atoms with E-state index in [0.717, 1.165) is 55.5 Å². The van der Waals surface area contributed by atoms with Crippen LogP contribution in [0.2, 0.25) is 0 Å². The van der Waals surface area contributed by atoms with Gasteiger partial charge in [0.05, 0.1) is 58.3 Å². The molecule has 2 aromatic heterocycles. The zero-order valence-electron chi connectivity index (χ0n) is 25.6. The number of anilines is 1. The van der Waals surface area contributed by atoms with Gasteiger partial charge in [0.25, 0.3) is 0 Å². The fraction of sp³-hybridized carbons (Fsp3) is 0.515. The number of aromatic nitrogens is 2. The van der Waals surface area contributed by atoms with Gasteiger partial charge in [-0.1, -0.05) is 12.2 Å². The molecule has 3 aromatic rings. The Morgan fingerprint density at radius 2 is 1.67 bits per heavy atom. The Morgan fingerprint density at radius 3 is 2.51 bits per heavy atom. The Morgan fingerprint density at radius 1 is 0.907 bits per heavy atom. The molecule has 1 aliphatic carbocycles. The smallest absolute Gasteiger partial charge is 0.162 e. The van der Waals surface area contributed by atoms with Crippen LogP contribution in [0.1, 0.15) is 54.2 Å². The summed E-state index contributed by atoms with van der Waals surface area (Å²) < 4.78 is 28.9. The highest BCUT2D eigenvalue weighted by Gasteiger charge is 2.18. The van der Waals surface area contributed by atoms with Crippen molar-refractivity contribution in [3.05, 3.63) is 57.6 Å². The summed E-state index contributed by atoms with van der Waals surface area (Å²) in [6.07, 6.45) is 8.63. The number of fused-ring (bicyclic) bond motifs is 5. The molecule has 1 aliphatic heterocycles. The molecule has 0 saturated heterocycles. The van der Waals surface area contributed by atoms with Crippen LogP contribution >= 0.6 is 11.3 Å². The predicted octanol–water partition coefficient (Wildman–Crippen LogP) is 6.10. The van der Waals surface area contributed by atoms with Gasteiger partial charge in [0, 0.05) is 40.9 Å². The van der Waals surface area contributed by atoms with E-state index in [1.165, 1.54) is 20.9 Å². The van der Waals surface area contributed by atoms with Gasteiger partial charge < -0.3 is 34.3 Å². The molecule has 9 nitrogen and oxygen atoms in total. The van der Waals surface area contributed by atoms with E-state index in [-0.39, 0.29) is 6.04 Å². The Bertz CT molecular complexity index is 1410. The maximum absolute atomic E-state index is 6.17. The molecule has 0 fully saturated rings. The predicted molar refractivity (Wildman–Crippen MR) is 173 cm³/mol. The largest absolute Gasteiger partial charge is 0.493 e. The van der Waals surface area contributed by atoms with Crippen molar-refractivity contribution in [2.24, 2.45) is 0 Å². The van der Waals surface area contributed by atoms with E-state index in [4.69, 9.17) is 28.7 Å². The molecule has 5 rings (SSSR count). The molecule has 10 heteroatoms. The number of allylic oxidation sites excluding steroid dienone is 2. The average Bonchev–Trinajstić information content (AvgIpc) is 3.51. The van der Waals surface area contributed by atoms with Crippen molar-refractivity contribution in [2.75, 3.05) is 71.8 Å². The number of methoxy groups -OCH3 is 1.